The predicted octanol–water partition coefficient (Wildman–Crippen LogP) is 2.64. The van der Waals surface area contributed by atoms with Crippen molar-refractivity contribution in [1.29, 1.82) is 0 Å². The third-order valence-electron chi connectivity index (χ3n) is 4.14. The van der Waals surface area contributed by atoms with Gasteiger partial charge in [-0.25, -0.2) is 9.97 Å². The molecule has 5 nitrogen and oxygen atoms in total. The maximum Gasteiger partial charge on any atom is 0.162 e. The van der Waals surface area contributed by atoms with Gasteiger partial charge in [-0.2, -0.15) is 5.10 Å². The molecule has 0 aromatic carbocycles. The second kappa shape index (κ2) is 5.66. The van der Waals surface area contributed by atoms with Crippen LogP contribution in [0.1, 0.15) is 32.0 Å². The van der Waals surface area contributed by atoms with Gasteiger partial charge in [-0.3, -0.25) is 9.58 Å². The number of piperidine rings is 1. The van der Waals surface area contributed by atoms with Crippen LogP contribution in [0.4, 0.5) is 0 Å². The van der Waals surface area contributed by atoms with E-state index in [0.29, 0.717) is 5.15 Å². The van der Waals surface area contributed by atoms with E-state index in [1.165, 1.54) is 19.3 Å². The van der Waals surface area contributed by atoms with Gasteiger partial charge in [0.25, 0.3) is 0 Å². The molecule has 0 saturated carbocycles. The zero-order chi connectivity index (χ0) is 14.1. The maximum absolute atomic E-state index is 6.23. The number of fused-ring (bicyclic) bond motifs is 1. The van der Waals surface area contributed by atoms with Gasteiger partial charge >= 0.3 is 0 Å². The van der Waals surface area contributed by atoms with Gasteiger partial charge < -0.3 is 0 Å². The first-order valence-corrected chi connectivity index (χ1v) is 7.61. The molecule has 1 atom stereocenters. The van der Waals surface area contributed by atoms with Gasteiger partial charge in [-0.15, -0.1) is 0 Å². The van der Waals surface area contributed by atoms with Crippen LogP contribution >= 0.6 is 11.6 Å². The normalized spacial score (nSPS) is 20.6. The van der Waals surface area contributed by atoms with Crippen molar-refractivity contribution < 1.29 is 0 Å². The molecule has 1 unspecified atom stereocenters. The quantitative estimate of drug-likeness (QED) is 0.816. The van der Waals surface area contributed by atoms with Gasteiger partial charge in [0.2, 0.25) is 0 Å². The molecule has 0 amide bonds. The number of aryl methyl sites for hydroxylation is 1. The minimum atomic E-state index is 0.502. The second-order valence-corrected chi connectivity index (χ2v) is 5.95. The van der Waals surface area contributed by atoms with Crippen molar-refractivity contribution in [2.24, 2.45) is 13.0 Å². The molecule has 2 aromatic rings. The number of hydrogen-bond acceptors (Lipinski definition) is 4. The smallest absolute Gasteiger partial charge is 0.162 e. The molecule has 0 aliphatic carbocycles. The Labute approximate surface area is 124 Å². The number of nitrogens with zero attached hydrogens (tertiary/aromatic N) is 5. The zero-order valence-electron chi connectivity index (χ0n) is 12.0. The molecular formula is C14H20ClN5. The topological polar surface area (TPSA) is 46.8 Å². The second-order valence-electron chi connectivity index (χ2n) is 5.59. The average Bonchev–Trinajstić information content (AvgIpc) is 2.81. The summed E-state index contributed by atoms with van der Waals surface area (Å²) in [6, 6.07) is 0. The lowest BCUT2D eigenvalue weighted by Crippen LogP contribution is -2.35. The highest BCUT2D eigenvalue weighted by Gasteiger charge is 2.20. The summed E-state index contributed by atoms with van der Waals surface area (Å²) in [5.41, 5.74) is 0.809. The number of halogens is 1. The summed E-state index contributed by atoms with van der Waals surface area (Å²) in [6.45, 7) is 5.31. The van der Waals surface area contributed by atoms with Crippen molar-refractivity contribution in [1.82, 2.24) is 24.6 Å². The Hall–Kier alpha value is -1.20. The van der Waals surface area contributed by atoms with E-state index in [1.807, 2.05) is 7.05 Å². The standard InChI is InChI=1S/C14H20ClN5/c1-3-10-5-4-6-20(8-10)9-12-17-13(15)11-7-16-19(2)14(11)18-12/h7,10H,3-6,8-9H2,1-2H3. The van der Waals surface area contributed by atoms with Crippen molar-refractivity contribution in [3.8, 4) is 0 Å². The summed E-state index contributed by atoms with van der Waals surface area (Å²) >= 11 is 6.23. The Morgan fingerprint density at radius 3 is 3.05 bits per heavy atom. The van der Waals surface area contributed by atoms with E-state index in [2.05, 4.69) is 26.9 Å². The van der Waals surface area contributed by atoms with Crippen LogP contribution in [0.5, 0.6) is 0 Å². The lowest BCUT2D eigenvalue weighted by Gasteiger charge is -2.31. The summed E-state index contributed by atoms with van der Waals surface area (Å²) in [4.78, 5) is 11.5. The van der Waals surface area contributed by atoms with Gasteiger partial charge in [-0.1, -0.05) is 24.9 Å². The fourth-order valence-corrected chi connectivity index (χ4v) is 3.16. The molecule has 1 saturated heterocycles. The molecule has 2 aromatic heterocycles. The fraction of sp³-hybridized carbons (Fsp3) is 0.643. The van der Waals surface area contributed by atoms with E-state index < -0.39 is 0 Å². The molecule has 3 heterocycles. The van der Waals surface area contributed by atoms with Crippen molar-refractivity contribution in [3.05, 3.63) is 17.2 Å². The molecular weight excluding hydrogens is 274 g/mol. The van der Waals surface area contributed by atoms with Crippen molar-refractivity contribution >= 4 is 22.6 Å². The maximum atomic E-state index is 6.23. The minimum Gasteiger partial charge on any atom is -0.296 e. The molecule has 0 N–H and O–H groups in total. The van der Waals surface area contributed by atoms with Crippen molar-refractivity contribution in [2.75, 3.05) is 13.1 Å². The number of likely N-dealkylation sites (tertiary alicyclic amines) is 1. The SMILES string of the molecule is CCC1CCCN(Cc2nc(Cl)c3cnn(C)c3n2)C1. The Bertz CT molecular complexity index is 609. The van der Waals surface area contributed by atoms with Crippen LogP contribution in [0.3, 0.4) is 0 Å². The molecule has 108 valence electrons. The molecule has 3 rings (SSSR count). The van der Waals surface area contributed by atoms with E-state index in [0.717, 1.165) is 42.4 Å². The van der Waals surface area contributed by atoms with E-state index in [1.54, 1.807) is 10.9 Å². The minimum absolute atomic E-state index is 0.502. The monoisotopic (exact) mass is 293 g/mol. The highest BCUT2D eigenvalue weighted by molar-refractivity contribution is 6.33. The first-order valence-electron chi connectivity index (χ1n) is 7.24. The number of aromatic nitrogens is 4. The summed E-state index contributed by atoms with van der Waals surface area (Å²) < 4.78 is 1.75. The molecule has 0 bridgehead atoms. The summed E-state index contributed by atoms with van der Waals surface area (Å²) in [5.74, 6) is 1.60. The van der Waals surface area contributed by atoms with E-state index in [4.69, 9.17) is 11.6 Å². The Balaban J connectivity index is 1.82. The lowest BCUT2D eigenvalue weighted by atomic mass is 9.96. The van der Waals surface area contributed by atoms with E-state index >= 15 is 0 Å². The summed E-state index contributed by atoms with van der Waals surface area (Å²) in [7, 11) is 1.88. The molecule has 20 heavy (non-hydrogen) atoms. The van der Waals surface area contributed by atoms with Crippen molar-refractivity contribution in [2.45, 2.75) is 32.7 Å². The van der Waals surface area contributed by atoms with Gasteiger partial charge in [0.1, 0.15) is 11.0 Å². The van der Waals surface area contributed by atoms with Crippen LogP contribution in [0.25, 0.3) is 11.0 Å². The van der Waals surface area contributed by atoms with Crippen LogP contribution < -0.4 is 0 Å². The molecule has 0 radical (unpaired) electrons. The highest BCUT2D eigenvalue weighted by Crippen LogP contribution is 2.22. The van der Waals surface area contributed by atoms with Crippen LogP contribution in [0.2, 0.25) is 5.15 Å². The third kappa shape index (κ3) is 2.65. The van der Waals surface area contributed by atoms with E-state index in [-0.39, 0.29) is 0 Å². The Morgan fingerprint density at radius 2 is 2.25 bits per heavy atom. The fourth-order valence-electron chi connectivity index (χ4n) is 2.93. The Kier molecular flexibility index (Phi) is 3.89. The van der Waals surface area contributed by atoms with Crippen LogP contribution in [-0.4, -0.2) is 37.7 Å². The molecule has 6 heteroatoms. The van der Waals surface area contributed by atoms with Gasteiger partial charge in [0.15, 0.2) is 5.65 Å². The third-order valence-corrected chi connectivity index (χ3v) is 4.43. The summed E-state index contributed by atoms with van der Waals surface area (Å²) in [6.07, 6.45) is 5.57. The average molecular weight is 294 g/mol. The lowest BCUT2D eigenvalue weighted by molar-refractivity contribution is 0.161. The van der Waals surface area contributed by atoms with Gasteiger partial charge in [-0.05, 0) is 25.3 Å². The predicted molar refractivity (Wildman–Crippen MR) is 79.6 cm³/mol. The van der Waals surface area contributed by atoms with Crippen LogP contribution in [0, 0.1) is 5.92 Å². The van der Waals surface area contributed by atoms with Crippen LogP contribution in [0.15, 0.2) is 6.20 Å². The van der Waals surface area contributed by atoms with Gasteiger partial charge in [0.05, 0.1) is 18.1 Å². The van der Waals surface area contributed by atoms with Crippen LogP contribution in [-0.2, 0) is 13.6 Å². The van der Waals surface area contributed by atoms with Crippen molar-refractivity contribution in [3.63, 3.8) is 0 Å². The van der Waals surface area contributed by atoms with E-state index in [9.17, 15) is 0 Å². The summed E-state index contributed by atoms with van der Waals surface area (Å²) in [5, 5.41) is 5.51. The number of rotatable bonds is 3. The molecule has 1 aliphatic heterocycles. The molecule has 1 aliphatic rings. The molecule has 1 fully saturated rings. The highest BCUT2D eigenvalue weighted by atomic mass is 35.5. The Morgan fingerprint density at radius 1 is 1.40 bits per heavy atom. The first kappa shape index (κ1) is 13.8. The van der Waals surface area contributed by atoms with Gasteiger partial charge in [0, 0.05) is 13.6 Å². The molecule has 0 spiro atoms. The zero-order valence-corrected chi connectivity index (χ0v) is 12.8. The largest absolute Gasteiger partial charge is 0.296 e. The first-order chi connectivity index (χ1) is 9.67. The number of hydrogen-bond donors (Lipinski definition) is 0.